The zero-order chi connectivity index (χ0) is 25.5. The van der Waals surface area contributed by atoms with Crippen molar-refractivity contribution in [1.82, 2.24) is 9.97 Å². The first kappa shape index (κ1) is 20.7. The predicted octanol–water partition coefficient (Wildman–Crippen LogP) is 9.66. The number of hydrogen-bond donors (Lipinski definition) is 0. The zero-order valence-corrected chi connectivity index (χ0v) is 20.8. The van der Waals surface area contributed by atoms with Gasteiger partial charge in [-0.3, -0.25) is 0 Å². The van der Waals surface area contributed by atoms with Crippen molar-refractivity contribution in [3.05, 3.63) is 121 Å². The van der Waals surface area contributed by atoms with Gasteiger partial charge in [0.1, 0.15) is 11.2 Å². The van der Waals surface area contributed by atoms with Gasteiger partial charge in [0.2, 0.25) is 0 Å². The maximum absolute atomic E-state index is 6.30. The van der Waals surface area contributed by atoms with Gasteiger partial charge in [0.05, 0.1) is 22.4 Å². The maximum Gasteiger partial charge on any atom is 0.136 e. The fraction of sp³-hybridized carbons (Fsp3) is 0. The number of furan rings is 1. The summed E-state index contributed by atoms with van der Waals surface area (Å²) in [5.41, 5.74) is 12.4. The van der Waals surface area contributed by atoms with Gasteiger partial charge in [-0.25, -0.2) is 9.97 Å². The molecule has 0 amide bonds. The molecular weight excluding hydrogens is 476 g/mol. The van der Waals surface area contributed by atoms with Crippen molar-refractivity contribution in [1.29, 1.82) is 0 Å². The first-order valence-electron chi connectivity index (χ1n) is 13.2. The van der Waals surface area contributed by atoms with Crippen molar-refractivity contribution in [2.24, 2.45) is 0 Å². The number of nitrogens with zero attached hydrogens (tertiary/aromatic N) is 2. The summed E-state index contributed by atoms with van der Waals surface area (Å²) >= 11 is 0. The molecule has 6 aromatic carbocycles. The lowest BCUT2D eigenvalue weighted by Crippen LogP contribution is -1.97. The highest BCUT2D eigenvalue weighted by Crippen LogP contribution is 2.50. The lowest BCUT2D eigenvalue weighted by Gasteiger charge is -2.16. The Kier molecular flexibility index (Phi) is 4.05. The highest BCUT2D eigenvalue weighted by Gasteiger charge is 2.25. The molecule has 2 heterocycles. The lowest BCUT2D eigenvalue weighted by molar-refractivity contribution is 0.669. The van der Waals surface area contributed by atoms with E-state index in [1.807, 2.05) is 30.3 Å². The normalized spacial score (nSPS) is 12.1. The quantitative estimate of drug-likeness (QED) is 0.239. The smallest absolute Gasteiger partial charge is 0.136 e. The Morgan fingerprint density at radius 3 is 1.62 bits per heavy atom. The molecule has 0 saturated heterocycles. The Morgan fingerprint density at radius 1 is 0.385 bits per heavy atom. The molecule has 0 N–H and O–H groups in total. The van der Waals surface area contributed by atoms with Gasteiger partial charge < -0.3 is 4.42 Å². The lowest BCUT2D eigenvalue weighted by atomic mass is 9.89. The van der Waals surface area contributed by atoms with Crippen molar-refractivity contribution < 1.29 is 4.42 Å². The number of rotatable bonds is 2. The van der Waals surface area contributed by atoms with Gasteiger partial charge in [0, 0.05) is 21.9 Å². The average Bonchev–Trinajstić information content (AvgIpc) is 3.33. The summed E-state index contributed by atoms with van der Waals surface area (Å²) in [7, 11) is 0. The molecule has 1 aliphatic rings. The number of benzene rings is 6. The van der Waals surface area contributed by atoms with E-state index in [4.69, 9.17) is 14.4 Å². The molecule has 0 aliphatic heterocycles. The first-order chi connectivity index (χ1) is 19.3. The highest BCUT2D eigenvalue weighted by atomic mass is 16.3. The third kappa shape index (κ3) is 2.82. The van der Waals surface area contributed by atoms with Gasteiger partial charge in [-0.15, -0.1) is 0 Å². The Bertz CT molecular complexity index is 2210. The third-order valence-corrected chi connectivity index (χ3v) is 8.02. The van der Waals surface area contributed by atoms with Crippen LogP contribution in [0.1, 0.15) is 0 Å². The molecule has 9 rings (SSSR count). The summed E-state index contributed by atoms with van der Waals surface area (Å²) in [6.45, 7) is 0. The van der Waals surface area contributed by atoms with Crippen molar-refractivity contribution in [2.45, 2.75) is 0 Å². The largest absolute Gasteiger partial charge is 0.456 e. The summed E-state index contributed by atoms with van der Waals surface area (Å²) < 4.78 is 6.30. The molecule has 1 aliphatic carbocycles. The van der Waals surface area contributed by atoms with E-state index >= 15 is 0 Å². The fourth-order valence-corrected chi connectivity index (χ4v) is 6.36. The monoisotopic (exact) mass is 496 g/mol. The van der Waals surface area contributed by atoms with Gasteiger partial charge in [-0.1, -0.05) is 97.1 Å². The van der Waals surface area contributed by atoms with Crippen LogP contribution in [-0.2, 0) is 0 Å². The van der Waals surface area contributed by atoms with E-state index in [1.165, 1.54) is 43.8 Å². The van der Waals surface area contributed by atoms with Crippen LogP contribution in [-0.4, -0.2) is 9.97 Å². The summed E-state index contributed by atoms with van der Waals surface area (Å²) in [5.74, 6) is 0. The molecule has 3 heteroatoms. The third-order valence-electron chi connectivity index (χ3n) is 8.02. The van der Waals surface area contributed by atoms with Crippen LogP contribution < -0.4 is 0 Å². The fourth-order valence-electron chi connectivity index (χ4n) is 6.36. The van der Waals surface area contributed by atoms with E-state index < -0.39 is 0 Å². The number of aromatic nitrogens is 2. The van der Waals surface area contributed by atoms with Crippen LogP contribution in [0.3, 0.4) is 0 Å². The van der Waals surface area contributed by atoms with Crippen LogP contribution in [0.25, 0.3) is 88.5 Å². The number of hydrogen-bond acceptors (Lipinski definition) is 3. The highest BCUT2D eigenvalue weighted by molar-refractivity contribution is 6.26. The standard InChI is InChI=1S/C36H20N2O/c1-2-9-21(10-3-1)35-36(38-29-16-5-4-15-28(29)37-35)27-20-19-26-24-14-8-18-31-34(24)33-23(13-7-17-30(33)39-31)22-11-6-12-25(27)32(22)26/h1-20H. The molecule has 2 aromatic heterocycles. The van der Waals surface area contributed by atoms with E-state index in [9.17, 15) is 0 Å². The van der Waals surface area contributed by atoms with Gasteiger partial charge in [-0.05, 0) is 57.3 Å². The number of fused-ring (bicyclic) bond motifs is 3. The minimum Gasteiger partial charge on any atom is -0.456 e. The molecule has 39 heavy (non-hydrogen) atoms. The van der Waals surface area contributed by atoms with E-state index in [2.05, 4.69) is 91.0 Å². The van der Waals surface area contributed by atoms with E-state index in [1.54, 1.807) is 0 Å². The minimum atomic E-state index is 0.890. The average molecular weight is 497 g/mol. The zero-order valence-electron chi connectivity index (χ0n) is 20.8. The summed E-state index contributed by atoms with van der Waals surface area (Å²) in [6.07, 6.45) is 0. The van der Waals surface area contributed by atoms with Gasteiger partial charge in [0.15, 0.2) is 0 Å². The Hall–Kier alpha value is -5.28. The molecule has 0 saturated carbocycles. The molecular formula is C36H20N2O. The molecule has 0 fully saturated rings. The summed E-state index contributed by atoms with van der Waals surface area (Å²) in [4.78, 5) is 10.4. The van der Waals surface area contributed by atoms with Crippen LogP contribution in [0.2, 0.25) is 0 Å². The van der Waals surface area contributed by atoms with Crippen LogP contribution in [0.5, 0.6) is 0 Å². The van der Waals surface area contributed by atoms with Crippen molar-refractivity contribution >= 4 is 43.7 Å². The second kappa shape index (κ2) is 7.62. The second-order valence-corrected chi connectivity index (χ2v) is 10.1. The Morgan fingerprint density at radius 2 is 0.923 bits per heavy atom. The van der Waals surface area contributed by atoms with E-state index in [0.717, 1.165) is 44.7 Å². The van der Waals surface area contributed by atoms with Gasteiger partial charge in [0.25, 0.3) is 0 Å². The van der Waals surface area contributed by atoms with Crippen molar-refractivity contribution in [3.8, 4) is 44.8 Å². The topological polar surface area (TPSA) is 38.9 Å². The molecule has 0 atom stereocenters. The first-order valence-corrected chi connectivity index (χ1v) is 13.2. The van der Waals surface area contributed by atoms with Crippen LogP contribution >= 0.6 is 0 Å². The molecule has 3 nitrogen and oxygen atoms in total. The summed E-state index contributed by atoms with van der Waals surface area (Å²) in [5, 5.41) is 4.77. The van der Waals surface area contributed by atoms with Crippen molar-refractivity contribution in [3.63, 3.8) is 0 Å². The van der Waals surface area contributed by atoms with Crippen LogP contribution in [0.15, 0.2) is 126 Å². The molecule has 180 valence electrons. The number of para-hydroxylation sites is 2. The van der Waals surface area contributed by atoms with E-state index in [-0.39, 0.29) is 0 Å². The van der Waals surface area contributed by atoms with Crippen LogP contribution in [0.4, 0.5) is 0 Å². The SMILES string of the molecule is c1ccc(-c2nc3ccccc3nc2-c2ccc3c4c(cccc24)-c2cccc4oc5cccc-3c5c24)cc1. The van der Waals surface area contributed by atoms with Crippen molar-refractivity contribution in [2.75, 3.05) is 0 Å². The molecule has 0 unspecified atom stereocenters. The van der Waals surface area contributed by atoms with E-state index in [0.29, 0.717) is 0 Å². The van der Waals surface area contributed by atoms with Gasteiger partial charge in [-0.2, -0.15) is 0 Å². The second-order valence-electron chi connectivity index (χ2n) is 10.1. The minimum absolute atomic E-state index is 0.890. The van der Waals surface area contributed by atoms with Crippen LogP contribution in [0, 0.1) is 0 Å². The predicted molar refractivity (Wildman–Crippen MR) is 160 cm³/mol. The summed E-state index contributed by atoms with van der Waals surface area (Å²) in [6, 6.07) is 42.3. The molecule has 8 aromatic rings. The Labute approximate surface area is 224 Å². The molecule has 0 radical (unpaired) electrons. The maximum atomic E-state index is 6.30. The Balaban J connectivity index is 1.44. The molecule has 0 bridgehead atoms. The molecule has 0 spiro atoms. The van der Waals surface area contributed by atoms with Gasteiger partial charge >= 0.3 is 0 Å².